The first-order chi connectivity index (χ1) is 17.9. The highest BCUT2D eigenvalue weighted by Crippen LogP contribution is 2.40. The second-order valence-corrected chi connectivity index (χ2v) is 9.60. The molecule has 5 rings (SSSR count). The van der Waals surface area contributed by atoms with E-state index in [9.17, 15) is 32.3 Å². The van der Waals surface area contributed by atoms with E-state index in [4.69, 9.17) is 4.74 Å². The second-order valence-electron chi connectivity index (χ2n) is 9.60. The number of piperidine rings is 1. The molecule has 0 unspecified atom stereocenters. The van der Waals surface area contributed by atoms with Crippen LogP contribution in [0.5, 0.6) is 0 Å². The van der Waals surface area contributed by atoms with Crippen LogP contribution < -0.4 is 10.6 Å². The van der Waals surface area contributed by atoms with Crippen LogP contribution in [-0.4, -0.2) is 50.6 Å². The summed E-state index contributed by atoms with van der Waals surface area (Å²) < 4.78 is 61.2. The number of halogens is 4. The number of alkyl halides is 3. The lowest BCUT2D eigenvalue weighted by atomic mass is 9.89. The molecule has 3 aliphatic rings. The van der Waals surface area contributed by atoms with E-state index < -0.39 is 59.7 Å². The number of carbonyl (C=O) groups excluding carboxylic acids is 4. The van der Waals surface area contributed by atoms with Gasteiger partial charge in [0.05, 0.1) is 17.8 Å². The number of hydrogen-bond donors (Lipinski definition) is 2. The third-order valence-corrected chi connectivity index (χ3v) is 7.07. The summed E-state index contributed by atoms with van der Waals surface area (Å²) in [6.45, 7) is 1.04. The molecule has 202 valence electrons. The third-order valence-electron chi connectivity index (χ3n) is 7.07. The number of ether oxygens (including phenoxy) is 1. The molecule has 0 radical (unpaired) electrons. The number of benzene rings is 1. The van der Waals surface area contributed by atoms with Gasteiger partial charge in [0.25, 0.3) is 5.91 Å². The molecule has 0 bridgehead atoms. The van der Waals surface area contributed by atoms with Gasteiger partial charge in [-0.3, -0.25) is 24.4 Å². The van der Waals surface area contributed by atoms with Crippen molar-refractivity contribution >= 4 is 23.8 Å². The number of nitrogens with one attached hydrogen (secondary N) is 2. The van der Waals surface area contributed by atoms with Crippen molar-refractivity contribution in [2.75, 3.05) is 0 Å². The first-order valence-electron chi connectivity index (χ1n) is 11.9. The fraction of sp³-hybridized carbons (Fsp3) is 0.458. The van der Waals surface area contributed by atoms with Gasteiger partial charge in [-0.2, -0.15) is 18.3 Å². The molecular weight excluding hydrogens is 514 g/mol. The van der Waals surface area contributed by atoms with E-state index in [0.29, 0.717) is 5.56 Å². The first-order valence-corrected chi connectivity index (χ1v) is 11.9. The van der Waals surface area contributed by atoms with Gasteiger partial charge >= 0.3 is 12.3 Å². The summed E-state index contributed by atoms with van der Waals surface area (Å²) in [6.07, 6.45) is -4.40. The standard InChI is InChI=1S/C24H23F4N5O5/c1-11-8-30-33(20(11)24(26,27)28)14-6-15(7-14)38-23(37)29-9-12-2-3-13-10-32(22(36)18(13)19(12)25)16-4-5-17(34)31-21(16)35/h2-3,8,14-16H,4-7,9-10H2,1H3,(H,29,37)(H,31,34,35)/t14?,15?,16-/m0/s1. The summed E-state index contributed by atoms with van der Waals surface area (Å²) in [5, 5.41) is 8.39. The number of amides is 4. The largest absolute Gasteiger partial charge is 0.446 e. The first kappa shape index (κ1) is 25.7. The summed E-state index contributed by atoms with van der Waals surface area (Å²) in [4.78, 5) is 49.9. The van der Waals surface area contributed by atoms with E-state index in [1.165, 1.54) is 24.0 Å². The molecular formula is C24H23F4N5O5. The van der Waals surface area contributed by atoms with Crippen molar-refractivity contribution in [3.05, 3.63) is 52.1 Å². The van der Waals surface area contributed by atoms with E-state index in [1.54, 1.807) is 0 Å². The Morgan fingerprint density at radius 1 is 1.24 bits per heavy atom. The van der Waals surface area contributed by atoms with Crippen molar-refractivity contribution in [2.45, 2.75) is 70.1 Å². The molecule has 14 heteroatoms. The minimum atomic E-state index is -4.55. The van der Waals surface area contributed by atoms with Crippen molar-refractivity contribution in [3.8, 4) is 0 Å². The summed E-state index contributed by atoms with van der Waals surface area (Å²) in [5.41, 5.74) is -0.610. The van der Waals surface area contributed by atoms with Gasteiger partial charge < -0.3 is 15.0 Å². The summed E-state index contributed by atoms with van der Waals surface area (Å²) >= 11 is 0. The monoisotopic (exact) mass is 537 g/mol. The van der Waals surface area contributed by atoms with Crippen molar-refractivity contribution in [1.29, 1.82) is 0 Å². The zero-order chi connectivity index (χ0) is 27.4. The molecule has 1 aliphatic carbocycles. The van der Waals surface area contributed by atoms with Crippen molar-refractivity contribution in [3.63, 3.8) is 0 Å². The molecule has 1 aromatic carbocycles. The van der Waals surface area contributed by atoms with Crippen molar-refractivity contribution in [1.82, 2.24) is 25.3 Å². The SMILES string of the molecule is Cc1cnn(C2CC(OC(=O)NCc3ccc4c(c3F)C(=O)N([C@H]3CCC(=O)NC3=O)C4)C2)c1C(F)(F)F. The predicted molar refractivity (Wildman–Crippen MR) is 120 cm³/mol. The quantitative estimate of drug-likeness (QED) is 0.447. The number of rotatable bonds is 5. The summed E-state index contributed by atoms with van der Waals surface area (Å²) in [5.74, 6) is -2.55. The number of imide groups is 1. The van der Waals surface area contributed by atoms with E-state index in [-0.39, 0.29) is 55.5 Å². The van der Waals surface area contributed by atoms with Gasteiger partial charge in [-0.25, -0.2) is 9.18 Å². The molecule has 1 saturated carbocycles. The Hall–Kier alpha value is -3.97. The highest BCUT2D eigenvalue weighted by atomic mass is 19.4. The number of nitrogens with zero attached hydrogens (tertiary/aromatic N) is 3. The number of aromatic nitrogens is 2. The summed E-state index contributed by atoms with van der Waals surface area (Å²) in [7, 11) is 0. The van der Waals surface area contributed by atoms with Crippen LogP contribution in [0.25, 0.3) is 0 Å². The molecule has 2 fully saturated rings. The average molecular weight is 537 g/mol. The van der Waals surface area contributed by atoms with Crippen LogP contribution >= 0.6 is 0 Å². The minimum absolute atomic E-state index is 0.00898. The van der Waals surface area contributed by atoms with Gasteiger partial charge in [0.1, 0.15) is 23.7 Å². The van der Waals surface area contributed by atoms with Crippen LogP contribution in [0.15, 0.2) is 18.3 Å². The van der Waals surface area contributed by atoms with Crippen LogP contribution in [0.3, 0.4) is 0 Å². The van der Waals surface area contributed by atoms with E-state index in [0.717, 1.165) is 10.9 Å². The molecule has 38 heavy (non-hydrogen) atoms. The predicted octanol–water partition coefficient (Wildman–Crippen LogP) is 2.74. The number of fused-ring (bicyclic) bond motifs is 1. The Morgan fingerprint density at radius 2 is 1.97 bits per heavy atom. The normalized spacial score (nSPS) is 23.1. The lowest BCUT2D eigenvalue weighted by molar-refractivity contribution is -0.147. The van der Waals surface area contributed by atoms with Gasteiger partial charge in [-0.1, -0.05) is 12.1 Å². The number of carbonyl (C=O) groups is 4. The number of hydrogen-bond acceptors (Lipinski definition) is 6. The smallest absolute Gasteiger partial charge is 0.433 e. The molecule has 1 aromatic heterocycles. The Balaban J connectivity index is 1.16. The fourth-order valence-corrected chi connectivity index (χ4v) is 5.06. The molecule has 0 spiro atoms. The Morgan fingerprint density at radius 3 is 2.66 bits per heavy atom. The van der Waals surface area contributed by atoms with Crippen LogP contribution in [0.4, 0.5) is 22.4 Å². The molecule has 10 nitrogen and oxygen atoms in total. The Labute approximate surface area is 213 Å². The van der Waals surface area contributed by atoms with Crippen molar-refractivity contribution < 1.29 is 41.5 Å². The maximum absolute atomic E-state index is 15.2. The average Bonchev–Trinajstić information content (AvgIpc) is 3.35. The molecule has 4 amide bonds. The van der Waals surface area contributed by atoms with Gasteiger partial charge in [-0.15, -0.1) is 0 Å². The lowest BCUT2D eigenvalue weighted by Crippen LogP contribution is -2.52. The van der Waals surface area contributed by atoms with Crippen molar-refractivity contribution in [2.24, 2.45) is 0 Å². The van der Waals surface area contributed by atoms with Crippen LogP contribution in [0.1, 0.15) is 64.5 Å². The van der Waals surface area contributed by atoms with Crippen LogP contribution in [0.2, 0.25) is 0 Å². The third kappa shape index (κ3) is 4.58. The molecule has 1 atom stereocenters. The highest BCUT2D eigenvalue weighted by Gasteiger charge is 2.43. The van der Waals surface area contributed by atoms with Gasteiger partial charge in [0.15, 0.2) is 0 Å². The number of alkyl carbamates (subject to hydrolysis) is 1. The van der Waals surface area contributed by atoms with E-state index in [1.807, 2.05) is 0 Å². The van der Waals surface area contributed by atoms with Gasteiger partial charge in [0.2, 0.25) is 11.8 Å². The fourth-order valence-electron chi connectivity index (χ4n) is 5.06. The topological polar surface area (TPSA) is 123 Å². The van der Waals surface area contributed by atoms with E-state index >= 15 is 4.39 Å². The maximum atomic E-state index is 15.2. The zero-order valence-electron chi connectivity index (χ0n) is 20.1. The van der Waals surface area contributed by atoms with Gasteiger partial charge in [0, 0.05) is 37.9 Å². The van der Waals surface area contributed by atoms with Crippen LogP contribution in [-0.2, 0) is 33.6 Å². The highest BCUT2D eigenvalue weighted by molar-refractivity contribution is 6.05. The molecule has 1 saturated heterocycles. The molecule has 2 aliphatic heterocycles. The molecule has 2 N–H and O–H groups in total. The molecule has 3 heterocycles. The van der Waals surface area contributed by atoms with Gasteiger partial charge in [-0.05, 0) is 24.5 Å². The zero-order valence-corrected chi connectivity index (χ0v) is 20.1. The number of aryl methyl sites for hydroxylation is 1. The maximum Gasteiger partial charge on any atom is 0.433 e. The lowest BCUT2D eigenvalue weighted by Gasteiger charge is -2.35. The Bertz CT molecular complexity index is 1330. The Kier molecular flexibility index (Phi) is 6.35. The molecule has 2 aromatic rings. The van der Waals surface area contributed by atoms with Crippen LogP contribution in [0, 0.1) is 12.7 Å². The van der Waals surface area contributed by atoms with E-state index in [2.05, 4.69) is 15.7 Å². The second kappa shape index (κ2) is 9.40. The summed E-state index contributed by atoms with van der Waals surface area (Å²) in [6, 6.07) is 1.50. The minimum Gasteiger partial charge on any atom is -0.446 e.